The molecule has 5 rings (SSSR count). The number of anilines is 1. The number of ether oxygens (including phenoxy) is 1. The molecule has 0 radical (unpaired) electrons. The first-order chi connectivity index (χ1) is 16.5. The van der Waals surface area contributed by atoms with Crippen LogP contribution in [0, 0.1) is 0 Å². The molecule has 2 aromatic carbocycles. The fourth-order valence-corrected chi connectivity index (χ4v) is 4.92. The van der Waals surface area contributed by atoms with Gasteiger partial charge in [0.2, 0.25) is 5.95 Å². The molecule has 3 aromatic rings. The van der Waals surface area contributed by atoms with E-state index in [4.69, 9.17) is 32.9 Å². The zero-order chi connectivity index (χ0) is 23.8. The Morgan fingerprint density at radius 3 is 2.53 bits per heavy atom. The highest BCUT2D eigenvalue weighted by molar-refractivity contribution is 6.42. The highest BCUT2D eigenvalue weighted by atomic mass is 35.5. The zero-order valence-corrected chi connectivity index (χ0v) is 20.3. The van der Waals surface area contributed by atoms with Gasteiger partial charge < -0.3 is 14.5 Å². The molecule has 0 unspecified atom stereocenters. The lowest BCUT2D eigenvalue weighted by Crippen LogP contribution is -2.42. The number of rotatable bonds is 4. The number of methoxy groups -OCH3 is 1. The summed E-state index contributed by atoms with van der Waals surface area (Å²) >= 11 is 12.1. The van der Waals surface area contributed by atoms with Crippen LogP contribution in [0.25, 0.3) is 5.69 Å². The molecule has 0 atom stereocenters. The molecule has 0 saturated carbocycles. The van der Waals surface area contributed by atoms with Crippen LogP contribution in [0.1, 0.15) is 34.5 Å². The summed E-state index contributed by atoms with van der Waals surface area (Å²) in [6.45, 7) is 2.33. The fraction of sp³-hybridized carbons (Fsp3) is 0.320. The van der Waals surface area contributed by atoms with Gasteiger partial charge in [-0.2, -0.15) is 0 Å². The Morgan fingerprint density at radius 2 is 1.79 bits per heavy atom. The summed E-state index contributed by atoms with van der Waals surface area (Å²) in [7, 11) is 1.59. The second-order valence-corrected chi connectivity index (χ2v) is 9.26. The van der Waals surface area contributed by atoms with Gasteiger partial charge in [-0.15, -0.1) is 0 Å². The molecule has 1 fully saturated rings. The van der Waals surface area contributed by atoms with Crippen molar-refractivity contribution in [1.82, 2.24) is 14.5 Å². The maximum Gasteiger partial charge on any atom is 0.263 e. The van der Waals surface area contributed by atoms with Gasteiger partial charge in [0.25, 0.3) is 11.5 Å². The number of amides is 1. The largest absolute Gasteiger partial charge is 0.495 e. The molecular formula is C25H24Cl2N4O3. The third-order valence-corrected chi connectivity index (χ3v) is 7.12. The van der Waals surface area contributed by atoms with Crippen LogP contribution in [0.3, 0.4) is 0 Å². The van der Waals surface area contributed by atoms with Crippen molar-refractivity contribution in [2.24, 2.45) is 0 Å². The van der Waals surface area contributed by atoms with Gasteiger partial charge in [-0.3, -0.25) is 9.59 Å². The quantitative estimate of drug-likeness (QED) is 0.534. The monoisotopic (exact) mass is 498 g/mol. The number of carbonyl (C=O) groups excluding carboxylic acids is 1. The summed E-state index contributed by atoms with van der Waals surface area (Å²) in [6, 6.07) is 12.3. The molecule has 0 spiro atoms. The molecule has 9 heteroatoms. The average Bonchev–Trinajstić information content (AvgIpc) is 3.40. The van der Waals surface area contributed by atoms with E-state index < -0.39 is 0 Å². The number of hydrogen-bond acceptors (Lipinski definition) is 5. The topological polar surface area (TPSA) is 67.7 Å². The number of hydrogen-bond donors (Lipinski definition) is 0. The van der Waals surface area contributed by atoms with Crippen molar-refractivity contribution in [2.45, 2.75) is 25.8 Å². The van der Waals surface area contributed by atoms with Gasteiger partial charge >= 0.3 is 0 Å². The summed E-state index contributed by atoms with van der Waals surface area (Å²) in [5.74, 6) is 1.04. The molecule has 0 N–H and O–H groups in total. The van der Waals surface area contributed by atoms with Crippen molar-refractivity contribution >= 4 is 35.1 Å². The van der Waals surface area contributed by atoms with Crippen molar-refractivity contribution in [3.05, 3.63) is 79.7 Å². The van der Waals surface area contributed by atoms with E-state index in [0.717, 1.165) is 25.9 Å². The molecular weight excluding hydrogens is 475 g/mol. The van der Waals surface area contributed by atoms with Gasteiger partial charge in [-0.1, -0.05) is 35.3 Å². The van der Waals surface area contributed by atoms with Crippen LogP contribution in [0.4, 0.5) is 5.95 Å². The Hall–Kier alpha value is -3.03. The van der Waals surface area contributed by atoms with Gasteiger partial charge in [0.05, 0.1) is 35.1 Å². The Morgan fingerprint density at radius 1 is 1.03 bits per heavy atom. The highest BCUT2D eigenvalue weighted by Gasteiger charge is 2.30. The summed E-state index contributed by atoms with van der Waals surface area (Å²) in [4.78, 5) is 35.7. The molecule has 176 valence electrons. The lowest BCUT2D eigenvalue weighted by atomic mass is 10.0. The van der Waals surface area contributed by atoms with E-state index in [-0.39, 0.29) is 18.0 Å². The molecule has 1 amide bonds. The molecule has 1 saturated heterocycles. The van der Waals surface area contributed by atoms with Crippen LogP contribution in [0.2, 0.25) is 10.0 Å². The van der Waals surface area contributed by atoms with Crippen LogP contribution >= 0.6 is 23.2 Å². The number of benzene rings is 2. The number of carbonyl (C=O) groups is 1. The second-order valence-electron chi connectivity index (χ2n) is 8.45. The van der Waals surface area contributed by atoms with Crippen LogP contribution < -0.4 is 15.2 Å². The first kappa shape index (κ1) is 22.7. The third-order valence-electron chi connectivity index (χ3n) is 6.39. The normalized spacial score (nSPS) is 15.4. The van der Waals surface area contributed by atoms with Crippen molar-refractivity contribution < 1.29 is 9.53 Å². The van der Waals surface area contributed by atoms with E-state index in [1.807, 2.05) is 24.3 Å². The summed E-state index contributed by atoms with van der Waals surface area (Å²) in [5, 5.41) is 0.732. The smallest absolute Gasteiger partial charge is 0.263 e. The van der Waals surface area contributed by atoms with Gasteiger partial charge in [0.15, 0.2) is 0 Å². The minimum atomic E-state index is -0.164. The Kier molecular flexibility index (Phi) is 6.23. The SMILES string of the molecule is COc1ccccc1-n1c(N2CCCC2)nc2c(c1=O)CCN(C(=O)c1ccc(Cl)c(Cl)c1)C2. The molecule has 0 bridgehead atoms. The van der Waals surface area contributed by atoms with Crippen LogP contribution in [-0.2, 0) is 13.0 Å². The van der Waals surface area contributed by atoms with Gasteiger partial charge in [-0.25, -0.2) is 9.55 Å². The molecule has 3 heterocycles. The summed E-state index contributed by atoms with van der Waals surface area (Å²) in [6.07, 6.45) is 2.51. The van der Waals surface area contributed by atoms with Crippen molar-refractivity contribution in [1.29, 1.82) is 0 Å². The van der Waals surface area contributed by atoms with E-state index in [0.29, 0.717) is 57.2 Å². The van der Waals surface area contributed by atoms with E-state index >= 15 is 0 Å². The fourth-order valence-electron chi connectivity index (χ4n) is 4.62. The number of para-hydroxylation sites is 2. The van der Waals surface area contributed by atoms with Gasteiger partial charge in [-0.05, 0) is 49.6 Å². The number of aromatic nitrogens is 2. The van der Waals surface area contributed by atoms with Crippen LogP contribution in [0.5, 0.6) is 5.75 Å². The third kappa shape index (κ3) is 4.03. The van der Waals surface area contributed by atoms with E-state index in [1.165, 1.54) is 0 Å². The minimum Gasteiger partial charge on any atom is -0.495 e. The Balaban J connectivity index is 1.57. The molecule has 2 aliphatic heterocycles. The number of halogens is 2. The van der Waals surface area contributed by atoms with Crippen LogP contribution in [0.15, 0.2) is 47.3 Å². The maximum absolute atomic E-state index is 13.8. The lowest BCUT2D eigenvalue weighted by Gasteiger charge is -2.30. The van der Waals surface area contributed by atoms with E-state index in [9.17, 15) is 9.59 Å². The van der Waals surface area contributed by atoms with E-state index in [1.54, 1.807) is 34.8 Å². The first-order valence-electron chi connectivity index (χ1n) is 11.3. The predicted molar refractivity (Wildman–Crippen MR) is 133 cm³/mol. The molecule has 34 heavy (non-hydrogen) atoms. The minimum absolute atomic E-state index is 0.113. The van der Waals surface area contributed by atoms with Gasteiger partial charge in [0.1, 0.15) is 5.75 Å². The second kappa shape index (κ2) is 9.31. The number of fused-ring (bicyclic) bond motifs is 1. The Labute approximate surface area is 207 Å². The zero-order valence-electron chi connectivity index (χ0n) is 18.8. The lowest BCUT2D eigenvalue weighted by molar-refractivity contribution is 0.0731. The molecule has 0 aliphatic carbocycles. The van der Waals surface area contributed by atoms with Gasteiger partial charge in [0, 0.05) is 30.8 Å². The molecule has 1 aromatic heterocycles. The van der Waals surface area contributed by atoms with Crippen molar-refractivity contribution in [3.8, 4) is 11.4 Å². The molecule has 7 nitrogen and oxygen atoms in total. The molecule has 2 aliphatic rings. The van der Waals surface area contributed by atoms with Crippen LogP contribution in [-0.4, -0.2) is 47.1 Å². The summed E-state index contributed by atoms with van der Waals surface area (Å²) in [5.41, 5.74) is 2.28. The highest BCUT2D eigenvalue weighted by Crippen LogP contribution is 2.29. The standard InChI is InChI=1S/C25H24Cl2N4O3/c1-34-22-7-3-2-6-21(22)31-24(33)17-10-13-30(23(32)16-8-9-18(26)19(27)14-16)15-20(17)28-25(31)29-11-4-5-12-29/h2-3,6-9,14H,4-5,10-13,15H2,1H3. The maximum atomic E-state index is 13.8. The van der Waals surface area contributed by atoms with E-state index in [2.05, 4.69) is 4.90 Å². The Bertz CT molecular complexity index is 1320. The van der Waals surface area contributed by atoms with Crippen molar-refractivity contribution in [2.75, 3.05) is 31.6 Å². The predicted octanol–water partition coefficient (Wildman–Crippen LogP) is 4.35. The van der Waals surface area contributed by atoms with Crippen molar-refractivity contribution in [3.63, 3.8) is 0 Å². The first-order valence-corrected chi connectivity index (χ1v) is 12.0. The number of nitrogens with zero attached hydrogens (tertiary/aromatic N) is 4. The average molecular weight is 499 g/mol. The summed E-state index contributed by atoms with van der Waals surface area (Å²) < 4.78 is 7.22.